The Morgan fingerprint density at radius 2 is 2.22 bits per heavy atom. The lowest BCUT2D eigenvalue weighted by Crippen LogP contribution is -2.40. The molecular weight excluding hydrogens is 230 g/mol. The highest BCUT2D eigenvalue weighted by Gasteiger charge is 2.31. The summed E-state index contributed by atoms with van der Waals surface area (Å²) >= 11 is 0. The van der Waals surface area contributed by atoms with Gasteiger partial charge in [-0.2, -0.15) is 0 Å². The second-order valence-electron chi connectivity index (χ2n) is 5.65. The van der Waals surface area contributed by atoms with E-state index in [4.69, 9.17) is 4.74 Å². The SMILES string of the molecule is CCCC1CC(C(=O)NCC(O)C2CC2)CCO1. The summed E-state index contributed by atoms with van der Waals surface area (Å²) in [6.45, 7) is 3.24. The summed E-state index contributed by atoms with van der Waals surface area (Å²) in [5.41, 5.74) is 0. The molecule has 104 valence electrons. The molecule has 1 saturated carbocycles. The lowest BCUT2D eigenvalue weighted by Gasteiger charge is -2.28. The number of nitrogens with one attached hydrogen (secondary N) is 1. The Morgan fingerprint density at radius 1 is 1.44 bits per heavy atom. The van der Waals surface area contributed by atoms with Crippen molar-refractivity contribution in [3.05, 3.63) is 0 Å². The average Bonchev–Trinajstić information content (AvgIpc) is 3.20. The van der Waals surface area contributed by atoms with E-state index in [1.54, 1.807) is 0 Å². The van der Waals surface area contributed by atoms with Crippen LogP contribution in [0.4, 0.5) is 0 Å². The molecule has 1 heterocycles. The summed E-state index contributed by atoms with van der Waals surface area (Å²) in [5.74, 6) is 0.591. The fraction of sp³-hybridized carbons (Fsp3) is 0.929. The molecule has 2 N–H and O–H groups in total. The third kappa shape index (κ3) is 3.95. The minimum Gasteiger partial charge on any atom is -0.391 e. The van der Waals surface area contributed by atoms with Crippen molar-refractivity contribution in [3.63, 3.8) is 0 Å². The van der Waals surface area contributed by atoms with Crippen LogP contribution in [-0.2, 0) is 9.53 Å². The van der Waals surface area contributed by atoms with E-state index in [1.165, 1.54) is 0 Å². The minimum atomic E-state index is -0.347. The first-order valence-corrected chi connectivity index (χ1v) is 7.28. The van der Waals surface area contributed by atoms with Gasteiger partial charge in [-0.15, -0.1) is 0 Å². The van der Waals surface area contributed by atoms with Crippen molar-refractivity contribution >= 4 is 5.91 Å². The highest BCUT2D eigenvalue weighted by atomic mass is 16.5. The number of carbonyl (C=O) groups is 1. The van der Waals surface area contributed by atoms with Gasteiger partial charge in [0, 0.05) is 19.1 Å². The van der Waals surface area contributed by atoms with E-state index >= 15 is 0 Å². The zero-order chi connectivity index (χ0) is 13.0. The average molecular weight is 255 g/mol. The fourth-order valence-electron chi connectivity index (χ4n) is 2.64. The van der Waals surface area contributed by atoms with Crippen molar-refractivity contribution < 1.29 is 14.6 Å². The molecule has 4 nitrogen and oxygen atoms in total. The molecule has 0 aromatic heterocycles. The topological polar surface area (TPSA) is 58.6 Å². The Bertz CT molecular complexity index is 276. The maximum absolute atomic E-state index is 12.0. The molecule has 1 aliphatic heterocycles. The largest absolute Gasteiger partial charge is 0.391 e. The van der Waals surface area contributed by atoms with Gasteiger partial charge >= 0.3 is 0 Å². The van der Waals surface area contributed by atoms with Crippen LogP contribution in [-0.4, -0.2) is 36.4 Å². The Kier molecular flexibility index (Phi) is 5.01. The summed E-state index contributed by atoms with van der Waals surface area (Å²) in [5, 5.41) is 12.6. The molecule has 3 unspecified atom stereocenters. The number of ether oxygens (including phenoxy) is 1. The van der Waals surface area contributed by atoms with Crippen LogP contribution in [0, 0.1) is 11.8 Å². The fourth-order valence-corrected chi connectivity index (χ4v) is 2.64. The molecule has 0 aromatic carbocycles. The van der Waals surface area contributed by atoms with Gasteiger partial charge in [0.15, 0.2) is 0 Å². The van der Waals surface area contributed by atoms with Crippen LogP contribution in [0.3, 0.4) is 0 Å². The highest BCUT2D eigenvalue weighted by molar-refractivity contribution is 5.78. The molecule has 0 bridgehead atoms. The third-order valence-corrected chi connectivity index (χ3v) is 4.00. The van der Waals surface area contributed by atoms with Gasteiger partial charge in [0.2, 0.25) is 5.91 Å². The Hall–Kier alpha value is -0.610. The van der Waals surface area contributed by atoms with Gasteiger partial charge < -0.3 is 15.2 Å². The molecule has 4 heteroatoms. The standard InChI is InChI=1S/C14H25NO3/c1-2-3-12-8-11(6-7-18-12)14(17)15-9-13(16)10-4-5-10/h10-13,16H,2-9H2,1H3,(H,15,17). The number of aliphatic hydroxyl groups excluding tert-OH is 1. The van der Waals surface area contributed by atoms with E-state index in [1.807, 2.05) is 0 Å². The number of aliphatic hydroxyl groups is 1. The van der Waals surface area contributed by atoms with Gasteiger partial charge in [-0.05, 0) is 38.0 Å². The highest BCUT2D eigenvalue weighted by Crippen LogP contribution is 2.32. The smallest absolute Gasteiger partial charge is 0.223 e. The lowest BCUT2D eigenvalue weighted by atomic mass is 9.92. The maximum Gasteiger partial charge on any atom is 0.223 e. The molecule has 3 atom stereocenters. The first-order valence-electron chi connectivity index (χ1n) is 7.28. The predicted molar refractivity (Wildman–Crippen MR) is 69.1 cm³/mol. The van der Waals surface area contributed by atoms with E-state index in [2.05, 4.69) is 12.2 Å². The number of hydrogen-bond donors (Lipinski definition) is 2. The second-order valence-corrected chi connectivity index (χ2v) is 5.65. The molecule has 2 rings (SSSR count). The molecule has 2 fully saturated rings. The van der Waals surface area contributed by atoms with E-state index < -0.39 is 0 Å². The van der Waals surface area contributed by atoms with Crippen molar-refractivity contribution in [3.8, 4) is 0 Å². The Labute approximate surface area is 109 Å². The van der Waals surface area contributed by atoms with Gasteiger partial charge in [-0.1, -0.05) is 13.3 Å². The van der Waals surface area contributed by atoms with Crippen molar-refractivity contribution in [1.29, 1.82) is 0 Å². The normalized spacial score (nSPS) is 29.9. The monoisotopic (exact) mass is 255 g/mol. The zero-order valence-electron chi connectivity index (χ0n) is 11.2. The van der Waals surface area contributed by atoms with E-state index in [0.29, 0.717) is 19.1 Å². The number of carbonyl (C=O) groups excluding carboxylic acids is 1. The zero-order valence-corrected chi connectivity index (χ0v) is 11.2. The van der Waals surface area contributed by atoms with E-state index in [0.717, 1.165) is 38.5 Å². The predicted octanol–water partition coefficient (Wildman–Crippen LogP) is 1.47. The summed E-state index contributed by atoms with van der Waals surface area (Å²) < 4.78 is 5.64. The third-order valence-electron chi connectivity index (χ3n) is 4.00. The van der Waals surface area contributed by atoms with Crippen LogP contribution in [0.15, 0.2) is 0 Å². The second kappa shape index (κ2) is 6.53. The minimum absolute atomic E-state index is 0.0710. The van der Waals surface area contributed by atoms with E-state index in [-0.39, 0.29) is 24.0 Å². The Balaban J connectivity index is 1.70. The maximum atomic E-state index is 12.0. The molecule has 1 aliphatic carbocycles. The van der Waals surface area contributed by atoms with Crippen molar-refractivity contribution in [1.82, 2.24) is 5.32 Å². The quantitative estimate of drug-likeness (QED) is 0.755. The van der Waals surface area contributed by atoms with Crippen molar-refractivity contribution in [2.45, 2.75) is 57.7 Å². The number of rotatable bonds is 6. The summed E-state index contributed by atoms with van der Waals surface area (Å²) in [6.07, 6.45) is 5.88. The van der Waals surface area contributed by atoms with Gasteiger partial charge in [0.1, 0.15) is 0 Å². The first kappa shape index (κ1) is 13.8. The van der Waals surface area contributed by atoms with Crippen molar-refractivity contribution in [2.75, 3.05) is 13.2 Å². The number of amides is 1. The van der Waals surface area contributed by atoms with Crippen LogP contribution in [0.5, 0.6) is 0 Å². The lowest BCUT2D eigenvalue weighted by molar-refractivity contribution is -0.130. The van der Waals surface area contributed by atoms with Crippen LogP contribution < -0.4 is 5.32 Å². The summed E-state index contributed by atoms with van der Waals surface area (Å²) in [4.78, 5) is 12.0. The molecule has 0 aromatic rings. The molecule has 0 spiro atoms. The molecule has 2 aliphatic rings. The van der Waals surface area contributed by atoms with E-state index in [9.17, 15) is 9.90 Å². The van der Waals surface area contributed by atoms with Crippen LogP contribution >= 0.6 is 0 Å². The van der Waals surface area contributed by atoms with Gasteiger partial charge in [0.25, 0.3) is 0 Å². The summed E-state index contributed by atoms with van der Waals surface area (Å²) in [6, 6.07) is 0. The molecule has 1 saturated heterocycles. The molecule has 0 radical (unpaired) electrons. The molecule has 18 heavy (non-hydrogen) atoms. The van der Waals surface area contributed by atoms with Gasteiger partial charge in [0.05, 0.1) is 12.2 Å². The van der Waals surface area contributed by atoms with Crippen molar-refractivity contribution in [2.24, 2.45) is 11.8 Å². The van der Waals surface area contributed by atoms with Gasteiger partial charge in [-0.3, -0.25) is 4.79 Å². The summed E-state index contributed by atoms with van der Waals surface area (Å²) in [7, 11) is 0. The molecule has 1 amide bonds. The van der Waals surface area contributed by atoms with Crippen LogP contribution in [0.2, 0.25) is 0 Å². The molecular formula is C14H25NO3. The van der Waals surface area contributed by atoms with Crippen LogP contribution in [0.1, 0.15) is 45.4 Å². The van der Waals surface area contributed by atoms with Gasteiger partial charge in [-0.25, -0.2) is 0 Å². The van der Waals surface area contributed by atoms with Crippen LogP contribution in [0.25, 0.3) is 0 Å². The number of hydrogen-bond acceptors (Lipinski definition) is 3. The Morgan fingerprint density at radius 3 is 2.89 bits per heavy atom. The first-order chi connectivity index (χ1) is 8.70.